The fourth-order valence-electron chi connectivity index (χ4n) is 4.37. The average Bonchev–Trinajstić information content (AvgIpc) is 2.72. The number of rotatable bonds is 9. The molecule has 0 radical (unpaired) electrons. The van der Waals surface area contributed by atoms with Gasteiger partial charge < -0.3 is 15.5 Å². The molecule has 0 saturated carbocycles. The van der Waals surface area contributed by atoms with Crippen LogP contribution in [-0.4, -0.2) is 36.1 Å². The molecule has 4 heteroatoms. The summed E-state index contributed by atoms with van der Waals surface area (Å²) in [4.78, 5) is 17.8. The Morgan fingerprint density at radius 2 is 1.84 bits per heavy atom. The number of hydrogen-bond acceptors (Lipinski definition) is 3. The summed E-state index contributed by atoms with van der Waals surface area (Å²) in [5.41, 5.74) is 10.5. The van der Waals surface area contributed by atoms with E-state index in [1.165, 1.54) is 23.2 Å². The highest BCUT2D eigenvalue weighted by molar-refractivity contribution is 5.82. The SMILES string of the molecule is CC(C)=CCN(c1ccc(CCC(C)(C)C)cc1)[C@@H]1CCCCN1C(=O)C(N)CC(C)C. The van der Waals surface area contributed by atoms with Crippen LogP contribution < -0.4 is 10.6 Å². The molecule has 1 saturated heterocycles. The molecule has 4 nitrogen and oxygen atoms in total. The van der Waals surface area contributed by atoms with E-state index in [0.717, 1.165) is 45.2 Å². The van der Waals surface area contributed by atoms with Crippen molar-refractivity contribution in [1.29, 1.82) is 0 Å². The maximum atomic E-state index is 13.3. The molecular formula is C28H47N3O. The number of piperidine rings is 1. The van der Waals surface area contributed by atoms with Crippen LogP contribution in [0.5, 0.6) is 0 Å². The van der Waals surface area contributed by atoms with E-state index >= 15 is 0 Å². The number of hydrogen-bond donors (Lipinski definition) is 1. The Hall–Kier alpha value is -1.81. The smallest absolute Gasteiger partial charge is 0.241 e. The van der Waals surface area contributed by atoms with E-state index in [0.29, 0.717) is 11.3 Å². The summed E-state index contributed by atoms with van der Waals surface area (Å²) in [5, 5.41) is 0. The topological polar surface area (TPSA) is 49.6 Å². The molecule has 2 rings (SSSR count). The van der Waals surface area contributed by atoms with Gasteiger partial charge in [0.25, 0.3) is 0 Å². The first-order valence-corrected chi connectivity index (χ1v) is 12.5. The predicted octanol–water partition coefficient (Wildman–Crippen LogP) is 6.15. The summed E-state index contributed by atoms with van der Waals surface area (Å²) < 4.78 is 0. The van der Waals surface area contributed by atoms with Gasteiger partial charge >= 0.3 is 0 Å². The Kier molecular flexibility index (Phi) is 9.82. The lowest BCUT2D eigenvalue weighted by atomic mass is 9.89. The van der Waals surface area contributed by atoms with Crippen molar-refractivity contribution in [3.05, 3.63) is 41.5 Å². The molecule has 0 bridgehead atoms. The van der Waals surface area contributed by atoms with E-state index in [2.05, 4.69) is 88.6 Å². The van der Waals surface area contributed by atoms with Gasteiger partial charge in [0.15, 0.2) is 0 Å². The minimum Gasteiger partial charge on any atom is -0.347 e. The van der Waals surface area contributed by atoms with E-state index in [1.54, 1.807) is 0 Å². The Labute approximate surface area is 197 Å². The summed E-state index contributed by atoms with van der Waals surface area (Å²) in [6.07, 6.45) is 8.51. The van der Waals surface area contributed by atoms with Crippen LogP contribution >= 0.6 is 0 Å². The summed E-state index contributed by atoms with van der Waals surface area (Å²) in [5.74, 6) is 0.520. The number of carbonyl (C=O) groups excluding carboxylic acids is 1. The third-order valence-corrected chi connectivity index (χ3v) is 6.28. The van der Waals surface area contributed by atoms with Gasteiger partial charge in [-0.2, -0.15) is 0 Å². The standard InChI is InChI=1S/C28H47N3O/c1-21(2)16-19-30(24-13-11-23(12-14-24)15-17-28(5,6)7)26-10-8-9-18-31(26)27(32)25(29)20-22(3)4/h11-14,16,22,25-26H,8-10,15,17-20,29H2,1-7H3/t25?,26-/m0/s1. The maximum Gasteiger partial charge on any atom is 0.241 e. The number of anilines is 1. The van der Waals surface area contributed by atoms with E-state index in [1.807, 2.05) is 0 Å². The molecular weight excluding hydrogens is 394 g/mol. The minimum absolute atomic E-state index is 0.0606. The Morgan fingerprint density at radius 1 is 1.19 bits per heavy atom. The van der Waals surface area contributed by atoms with Gasteiger partial charge in [0, 0.05) is 18.8 Å². The van der Waals surface area contributed by atoms with Crippen LogP contribution in [0.4, 0.5) is 5.69 Å². The molecule has 0 aliphatic carbocycles. The van der Waals surface area contributed by atoms with Crippen LogP contribution in [0.3, 0.4) is 0 Å². The zero-order valence-electron chi connectivity index (χ0n) is 21.7. The van der Waals surface area contributed by atoms with Crippen molar-refractivity contribution >= 4 is 11.6 Å². The minimum atomic E-state index is -0.416. The van der Waals surface area contributed by atoms with Gasteiger partial charge in [-0.15, -0.1) is 0 Å². The normalized spacial score (nSPS) is 17.9. The summed E-state index contributed by atoms with van der Waals surface area (Å²) in [6.45, 7) is 17.0. The molecule has 0 aromatic heterocycles. The van der Waals surface area contributed by atoms with Crippen molar-refractivity contribution in [1.82, 2.24) is 4.90 Å². The highest BCUT2D eigenvalue weighted by atomic mass is 16.2. The quantitative estimate of drug-likeness (QED) is 0.468. The summed E-state index contributed by atoms with van der Waals surface area (Å²) in [6, 6.07) is 8.58. The number of allylic oxidation sites excluding steroid dienone is 1. The van der Waals surface area contributed by atoms with Crippen molar-refractivity contribution in [3.8, 4) is 0 Å². The van der Waals surface area contributed by atoms with Crippen LogP contribution in [0.25, 0.3) is 0 Å². The Bertz CT molecular complexity index is 741. The first-order valence-electron chi connectivity index (χ1n) is 12.5. The second-order valence-electron chi connectivity index (χ2n) is 11.4. The molecule has 1 aliphatic heterocycles. The first-order chi connectivity index (χ1) is 15.0. The zero-order chi connectivity index (χ0) is 23.9. The van der Waals surface area contributed by atoms with E-state index in [-0.39, 0.29) is 12.1 Å². The Balaban J connectivity index is 2.27. The summed E-state index contributed by atoms with van der Waals surface area (Å²) in [7, 11) is 0. The van der Waals surface area contributed by atoms with Gasteiger partial charge in [-0.1, -0.05) is 58.4 Å². The number of likely N-dealkylation sites (tertiary alicyclic amines) is 1. The van der Waals surface area contributed by atoms with Crippen LogP contribution in [0, 0.1) is 11.3 Å². The fourth-order valence-corrected chi connectivity index (χ4v) is 4.37. The van der Waals surface area contributed by atoms with E-state index < -0.39 is 6.04 Å². The molecule has 2 atom stereocenters. The lowest BCUT2D eigenvalue weighted by molar-refractivity contribution is -0.136. The lowest BCUT2D eigenvalue weighted by Crippen LogP contribution is -2.57. The zero-order valence-corrected chi connectivity index (χ0v) is 21.7. The number of nitrogens with two attached hydrogens (primary N) is 1. The molecule has 1 aromatic rings. The van der Waals surface area contributed by atoms with Crippen molar-refractivity contribution in [2.45, 2.75) is 99.2 Å². The lowest BCUT2D eigenvalue weighted by Gasteiger charge is -2.44. The number of aryl methyl sites for hydroxylation is 1. The predicted molar refractivity (Wildman–Crippen MR) is 138 cm³/mol. The van der Waals surface area contributed by atoms with Crippen LogP contribution in [-0.2, 0) is 11.2 Å². The third-order valence-electron chi connectivity index (χ3n) is 6.28. The van der Waals surface area contributed by atoms with Crippen molar-refractivity contribution in [2.24, 2.45) is 17.1 Å². The third kappa shape index (κ3) is 8.27. The summed E-state index contributed by atoms with van der Waals surface area (Å²) >= 11 is 0. The number of nitrogens with zero attached hydrogens (tertiary/aromatic N) is 2. The number of benzene rings is 1. The fraction of sp³-hybridized carbons (Fsp3) is 0.679. The van der Waals surface area contributed by atoms with Gasteiger partial charge in [0.1, 0.15) is 6.17 Å². The van der Waals surface area contributed by atoms with Gasteiger partial charge in [0.2, 0.25) is 5.91 Å². The molecule has 1 heterocycles. The highest BCUT2D eigenvalue weighted by Gasteiger charge is 2.33. The average molecular weight is 442 g/mol. The molecule has 0 spiro atoms. The molecule has 180 valence electrons. The van der Waals surface area contributed by atoms with Crippen molar-refractivity contribution in [3.63, 3.8) is 0 Å². The first kappa shape index (κ1) is 26.4. The van der Waals surface area contributed by atoms with Gasteiger partial charge in [-0.25, -0.2) is 0 Å². The Morgan fingerprint density at radius 3 is 2.41 bits per heavy atom. The largest absolute Gasteiger partial charge is 0.347 e. The molecule has 1 amide bonds. The van der Waals surface area contributed by atoms with Gasteiger partial charge in [0.05, 0.1) is 6.04 Å². The van der Waals surface area contributed by atoms with Gasteiger partial charge in [-0.3, -0.25) is 4.79 Å². The second-order valence-corrected chi connectivity index (χ2v) is 11.4. The monoisotopic (exact) mass is 441 g/mol. The van der Waals surface area contributed by atoms with Crippen LogP contribution in [0.2, 0.25) is 0 Å². The molecule has 32 heavy (non-hydrogen) atoms. The molecule has 1 aromatic carbocycles. The number of amides is 1. The van der Waals surface area contributed by atoms with E-state index in [9.17, 15) is 4.79 Å². The number of carbonyl (C=O) groups is 1. The van der Waals surface area contributed by atoms with Crippen LogP contribution in [0.1, 0.15) is 86.1 Å². The second kappa shape index (κ2) is 11.9. The van der Waals surface area contributed by atoms with Crippen LogP contribution in [0.15, 0.2) is 35.9 Å². The van der Waals surface area contributed by atoms with Crippen molar-refractivity contribution in [2.75, 3.05) is 18.0 Å². The maximum absolute atomic E-state index is 13.3. The van der Waals surface area contributed by atoms with Gasteiger partial charge in [-0.05, 0) is 81.4 Å². The van der Waals surface area contributed by atoms with E-state index in [4.69, 9.17) is 5.73 Å². The molecule has 1 aliphatic rings. The molecule has 2 N–H and O–H groups in total. The molecule has 1 unspecified atom stereocenters. The highest BCUT2D eigenvalue weighted by Crippen LogP contribution is 2.28. The molecule has 1 fully saturated rings. The van der Waals surface area contributed by atoms with Crippen molar-refractivity contribution < 1.29 is 4.79 Å².